The highest BCUT2D eigenvalue weighted by molar-refractivity contribution is 9.10. The Labute approximate surface area is 131 Å². The third-order valence-electron chi connectivity index (χ3n) is 3.40. The van der Waals surface area contributed by atoms with Crippen molar-refractivity contribution in [1.82, 2.24) is 4.98 Å². The van der Waals surface area contributed by atoms with Crippen molar-refractivity contribution in [2.75, 3.05) is 11.9 Å². The van der Waals surface area contributed by atoms with Crippen LogP contribution in [0.5, 0.6) is 0 Å². The summed E-state index contributed by atoms with van der Waals surface area (Å²) in [5.41, 5.74) is 6.89. The molecule has 7 heteroatoms. The number of nitro groups is 1. The van der Waals surface area contributed by atoms with E-state index in [0.717, 1.165) is 4.47 Å². The summed E-state index contributed by atoms with van der Waals surface area (Å²) in [6.45, 7) is 4.44. The minimum atomic E-state index is -0.427. The number of rotatable bonds is 5. The van der Waals surface area contributed by atoms with E-state index in [2.05, 4.69) is 26.2 Å². The number of pyridine rings is 1. The molecule has 0 aliphatic carbocycles. The molecular formula is C14H17BrN4O2. The van der Waals surface area contributed by atoms with Gasteiger partial charge in [0, 0.05) is 22.4 Å². The number of benzene rings is 1. The number of hydrogen-bond donors (Lipinski definition) is 2. The fourth-order valence-electron chi connectivity index (χ4n) is 2.13. The van der Waals surface area contributed by atoms with Gasteiger partial charge in [-0.25, -0.2) is 4.98 Å². The van der Waals surface area contributed by atoms with E-state index < -0.39 is 4.92 Å². The van der Waals surface area contributed by atoms with Crippen molar-refractivity contribution in [3.05, 3.63) is 39.0 Å². The molecule has 1 unspecified atom stereocenters. The van der Waals surface area contributed by atoms with Crippen LogP contribution >= 0.6 is 15.9 Å². The largest absolute Gasteiger partial charge is 0.375 e. The van der Waals surface area contributed by atoms with Gasteiger partial charge in [-0.05, 0) is 24.1 Å². The van der Waals surface area contributed by atoms with Crippen molar-refractivity contribution in [2.24, 2.45) is 11.7 Å². The van der Waals surface area contributed by atoms with Crippen LogP contribution in [0.1, 0.15) is 13.8 Å². The van der Waals surface area contributed by atoms with Crippen LogP contribution in [0.2, 0.25) is 0 Å². The van der Waals surface area contributed by atoms with Gasteiger partial charge in [0.2, 0.25) is 0 Å². The molecule has 0 radical (unpaired) electrons. The van der Waals surface area contributed by atoms with Crippen LogP contribution in [0.3, 0.4) is 0 Å². The first-order valence-electron chi connectivity index (χ1n) is 6.63. The molecule has 1 aromatic carbocycles. The standard InChI is InChI=1S/C14H17BrN4O2/c1-8(2)12(6-16)18-14-10-5-9(15)3-4-11(10)17-7-13(14)19(20)21/h3-5,7-8,12H,6,16H2,1-2H3,(H,17,18). The summed E-state index contributed by atoms with van der Waals surface area (Å²) in [6, 6.07) is 5.45. The maximum Gasteiger partial charge on any atom is 0.311 e. The number of nitrogens with two attached hydrogens (primary N) is 1. The van der Waals surface area contributed by atoms with Crippen molar-refractivity contribution in [2.45, 2.75) is 19.9 Å². The second-order valence-electron chi connectivity index (χ2n) is 5.17. The maximum absolute atomic E-state index is 11.3. The van der Waals surface area contributed by atoms with Gasteiger partial charge in [0.05, 0.1) is 10.4 Å². The van der Waals surface area contributed by atoms with E-state index in [1.807, 2.05) is 32.0 Å². The molecule has 0 saturated heterocycles. The Morgan fingerprint density at radius 2 is 2.19 bits per heavy atom. The smallest absolute Gasteiger partial charge is 0.311 e. The van der Waals surface area contributed by atoms with Crippen molar-refractivity contribution in [3.63, 3.8) is 0 Å². The zero-order valence-electron chi connectivity index (χ0n) is 11.8. The SMILES string of the molecule is CC(C)C(CN)Nc1c([N+](=O)[O-])cnc2ccc(Br)cc12. The minimum Gasteiger partial charge on any atom is -0.375 e. The van der Waals surface area contributed by atoms with Gasteiger partial charge in [-0.15, -0.1) is 0 Å². The number of aromatic nitrogens is 1. The topological polar surface area (TPSA) is 94.1 Å². The van der Waals surface area contributed by atoms with E-state index in [-0.39, 0.29) is 17.6 Å². The first-order valence-corrected chi connectivity index (χ1v) is 7.42. The van der Waals surface area contributed by atoms with Crippen LogP contribution in [0, 0.1) is 16.0 Å². The quantitative estimate of drug-likeness (QED) is 0.635. The van der Waals surface area contributed by atoms with E-state index in [1.165, 1.54) is 6.20 Å². The van der Waals surface area contributed by atoms with Gasteiger partial charge in [0.1, 0.15) is 11.9 Å². The van der Waals surface area contributed by atoms with E-state index >= 15 is 0 Å². The van der Waals surface area contributed by atoms with Gasteiger partial charge < -0.3 is 11.1 Å². The lowest BCUT2D eigenvalue weighted by Crippen LogP contribution is -2.34. The van der Waals surface area contributed by atoms with Crippen LogP contribution < -0.4 is 11.1 Å². The average molecular weight is 353 g/mol. The molecule has 0 amide bonds. The number of nitrogens with zero attached hydrogens (tertiary/aromatic N) is 2. The van der Waals surface area contributed by atoms with Gasteiger partial charge >= 0.3 is 5.69 Å². The summed E-state index contributed by atoms with van der Waals surface area (Å²) in [5.74, 6) is 0.255. The molecule has 1 atom stereocenters. The lowest BCUT2D eigenvalue weighted by molar-refractivity contribution is -0.384. The van der Waals surface area contributed by atoms with Gasteiger partial charge in [-0.1, -0.05) is 29.8 Å². The van der Waals surface area contributed by atoms with Crippen molar-refractivity contribution in [1.29, 1.82) is 0 Å². The van der Waals surface area contributed by atoms with Gasteiger partial charge in [0.15, 0.2) is 0 Å². The molecule has 0 aliphatic heterocycles. The first-order chi connectivity index (χ1) is 9.93. The Kier molecular flexibility index (Phi) is 4.74. The predicted octanol–water partition coefficient (Wildman–Crippen LogP) is 3.30. The third-order valence-corrected chi connectivity index (χ3v) is 3.89. The highest BCUT2D eigenvalue weighted by Crippen LogP contribution is 2.34. The molecule has 3 N–H and O–H groups in total. The van der Waals surface area contributed by atoms with Crippen LogP contribution in [0.25, 0.3) is 10.9 Å². The molecular weight excluding hydrogens is 336 g/mol. The lowest BCUT2D eigenvalue weighted by Gasteiger charge is -2.22. The summed E-state index contributed by atoms with van der Waals surface area (Å²) in [7, 11) is 0. The number of fused-ring (bicyclic) bond motifs is 1. The fraction of sp³-hybridized carbons (Fsp3) is 0.357. The third kappa shape index (κ3) is 3.30. The predicted molar refractivity (Wildman–Crippen MR) is 87.4 cm³/mol. The number of halogens is 1. The van der Waals surface area contributed by atoms with Gasteiger partial charge in [-0.3, -0.25) is 10.1 Å². The molecule has 6 nitrogen and oxygen atoms in total. The summed E-state index contributed by atoms with van der Waals surface area (Å²) in [6.07, 6.45) is 1.28. The van der Waals surface area contributed by atoms with Gasteiger partial charge in [0.25, 0.3) is 0 Å². The monoisotopic (exact) mass is 352 g/mol. The average Bonchev–Trinajstić information content (AvgIpc) is 2.43. The Balaban J connectivity index is 2.63. The van der Waals surface area contributed by atoms with Crippen LogP contribution in [-0.4, -0.2) is 22.5 Å². The normalized spacial score (nSPS) is 12.6. The number of hydrogen-bond acceptors (Lipinski definition) is 5. The highest BCUT2D eigenvalue weighted by Gasteiger charge is 2.22. The molecule has 0 fully saturated rings. The lowest BCUT2D eigenvalue weighted by atomic mass is 10.0. The molecule has 1 aromatic heterocycles. The van der Waals surface area contributed by atoms with E-state index in [4.69, 9.17) is 5.73 Å². The molecule has 21 heavy (non-hydrogen) atoms. The Bertz CT molecular complexity index is 675. The number of anilines is 1. The van der Waals surface area contributed by atoms with Crippen molar-refractivity contribution < 1.29 is 4.92 Å². The van der Waals surface area contributed by atoms with E-state index in [9.17, 15) is 10.1 Å². The maximum atomic E-state index is 11.3. The molecule has 2 aromatic rings. The molecule has 0 saturated carbocycles. The second kappa shape index (κ2) is 6.36. The number of nitrogens with one attached hydrogen (secondary N) is 1. The minimum absolute atomic E-state index is 0.0419. The summed E-state index contributed by atoms with van der Waals surface area (Å²) < 4.78 is 0.842. The molecule has 2 rings (SSSR count). The van der Waals surface area contributed by atoms with Crippen LogP contribution in [0.15, 0.2) is 28.9 Å². The summed E-state index contributed by atoms with van der Waals surface area (Å²) in [5, 5.41) is 15.2. The Hall–Kier alpha value is -1.73. The summed E-state index contributed by atoms with van der Waals surface area (Å²) >= 11 is 3.39. The second-order valence-corrected chi connectivity index (χ2v) is 6.08. The van der Waals surface area contributed by atoms with Gasteiger partial charge in [-0.2, -0.15) is 0 Å². The first kappa shape index (κ1) is 15.7. The molecule has 0 aliphatic rings. The fourth-order valence-corrected chi connectivity index (χ4v) is 2.49. The van der Waals surface area contributed by atoms with E-state index in [1.54, 1.807) is 0 Å². The summed E-state index contributed by atoms with van der Waals surface area (Å²) in [4.78, 5) is 15.0. The van der Waals surface area contributed by atoms with E-state index in [0.29, 0.717) is 23.1 Å². The zero-order chi connectivity index (χ0) is 15.6. The Morgan fingerprint density at radius 1 is 1.48 bits per heavy atom. The molecule has 112 valence electrons. The zero-order valence-corrected chi connectivity index (χ0v) is 13.4. The van der Waals surface area contributed by atoms with Crippen molar-refractivity contribution >= 4 is 38.2 Å². The van der Waals surface area contributed by atoms with Crippen LogP contribution in [-0.2, 0) is 0 Å². The molecule has 0 spiro atoms. The highest BCUT2D eigenvalue weighted by atomic mass is 79.9. The molecule has 0 bridgehead atoms. The molecule has 1 heterocycles. The Morgan fingerprint density at radius 3 is 2.76 bits per heavy atom. The van der Waals surface area contributed by atoms with Crippen molar-refractivity contribution in [3.8, 4) is 0 Å². The van der Waals surface area contributed by atoms with Crippen LogP contribution in [0.4, 0.5) is 11.4 Å².